The van der Waals surface area contributed by atoms with Crippen LogP contribution in [-0.4, -0.2) is 25.2 Å². The third-order valence-electron chi connectivity index (χ3n) is 3.97. The maximum Gasteiger partial charge on any atom is 0.244 e. The van der Waals surface area contributed by atoms with E-state index in [4.69, 9.17) is 0 Å². The molecule has 0 saturated carbocycles. The molecule has 2 aromatic rings. The lowest BCUT2D eigenvalue weighted by Crippen LogP contribution is -2.19. The monoisotopic (exact) mass is 307 g/mol. The molecule has 0 aliphatic carbocycles. The second kappa shape index (κ2) is 7.58. The number of rotatable bonds is 5. The van der Waals surface area contributed by atoms with Crippen molar-refractivity contribution in [1.82, 2.24) is 5.43 Å². The Labute approximate surface area is 136 Å². The fraction of sp³-hybridized carbons (Fsp3) is 0.263. The molecule has 1 aliphatic heterocycles. The smallest absolute Gasteiger partial charge is 0.244 e. The number of nitrogens with one attached hydrogen (secondary N) is 1. The van der Waals surface area contributed by atoms with Crippen molar-refractivity contribution < 1.29 is 4.79 Å². The highest BCUT2D eigenvalue weighted by atomic mass is 16.2. The number of benzene rings is 2. The summed E-state index contributed by atoms with van der Waals surface area (Å²) in [5.41, 5.74) is 5.79. The lowest BCUT2D eigenvalue weighted by molar-refractivity contribution is -0.120. The van der Waals surface area contributed by atoms with E-state index in [1.54, 1.807) is 6.21 Å². The van der Waals surface area contributed by atoms with Gasteiger partial charge < -0.3 is 4.90 Å². The second-order valence-corrected chi connectivity index (χ2v) is 5.74. The summed E-state index contributed by atoms with van der Waals surface area (Å²) < 4.78 is 0. The first-order valence-electron chi connectivity index (χ1n) is 8.02. The van der Waals surface area contributed by atoms with Gasteiger partial charge in [0, 0.05) is 18.8 Å². The summed E-state index contributed by atoms with van der Waals surface area (Å²) in [6.45, 7) is 2.28. The van der Waals surface area contributed by atoms with Crippen LogP contribution in [0.2, 0.25) is 0 Å². The molecule has 1 heterocycles. The molecule has 2 aromatic carbocycles. The molecule has 1 amide bonds. The predicted molar refractivity (Wildman–Crippen MR) is 93.8 cm³/mol. The number of carbonyl (C=O) groups excluding carboxylic acids is 1. The first-order valence-corrected chi connectivity index (χ1v) is 8.02. The van der Waals surface area contributed by atoms with Crippen molar-refractivity contribution >= 4 is 17.8 Å². The Hall–Kier alpha value is -2.62. The summed E-state index contributed by atoms with van der Waals surface area (Å²) >= 11 is 0. The van der Waals surface area contributed by atoms with Gasteiger partial charge in [-0.15, -0.1) is 0 Å². The summed E-state index contributed by atoms with van der Waals surface area (Å²) in [4.78, 5) is 14.2. The zero-order chi connectivity index (χ0) is 15.9. The van der Waals surface area contributed by atoms with Crippen LogP contribution >= 0.6 is 0 Å². The quantitative estimate of drug-likeness (QED) is 0.682. The van der Waals surface area contributed by atoms with Gasteiger partial charge in [0.2, 0.25) is 5.91 Å². The number of hydrogen-bond acceptors (Lipinski definition) is 3. The van der Waals surface area contributed by atoms with Gasteiger partial charge in [0.1, 0.15) is 0 Å². The Kier molecular flexibility index (Phi) is 5.04. The average molecular weight is 307 g/mol. The Morgan fingerprint density at radius 3 is 2.43 bits per heavy atom. The van der Waals surface area contributed by atoms with E-state index in [1.807, 2.05) is 42.5 Å². The van der Waals surface area contributed by atoms with E-state index in [0.29, 0.717) is 6.42 Å². The number of nitrogens with zero attached hydrogens (tertiary/aromatic N) is 2. The number of carbonyl (C=O) groups is 1. The van der Waals surface area contributed by atoms with Gasteiger partial charge in [-0.1, -0.05) is 42.5 Å². The topological polar surface area (TPSA) is 44.7 Å². The van der Waals surface area contributed by atoms with Crippen molar-refractivity contribution in [2.75, 3.05) is 18.0 Å². The van der Waals surface area contributed by atoms with Gasteiger partial charge in [-0.25, -0.2) is 5.43 Å². The van der Waals surface area contributed by atoms with Crippen LogP contribution in [0.15, 0.2) is 59.7 Å². The first-order chi connectivity index (χ1) is 11.3. The fourth-order valence-corrected chi connectivity index (χ4v) is 2.75. The van der Waals surface area contributed by atoms with Crippen LogP contribution in [0.1, 0.15) is 24.0 Å². The van der Waals surface area contributed by atoms with Crippen LogP contribution in [0, 0.1) is 0 Å². The summed E-state index contributed by atoms with van der Waals surface area (Å²) in [6, 6.07) is 17.9. The average Bonchev–Trinajstić information content (AvgIpc) is 3.11. The second-order valence-electron chi connectivity index (χ2n) is 5.74. The SMILES string of the molecule is O=C(Cc1ccccc1)NN=Cc1ccc(N2CCCC2)cc1. The van der Waals surface area contributed by atoms with E-state index in [9.17, 15) is 4.79 Å². The molecule has 0 atom stereocenters. The van der Waals surface area contributed by atoms with Crippen LogP contribution < -0.4 is 10.3 Å². The molecule has 0 aromatic heterocycles. The van der Waals surface area contributed by atoms with Crippen LogP contribution in [0.25, 0.3) is 0 Å². The molecule has 1 fully saturated rings. The maximum absolute atomic E-state index is 11.8. The molecule has 1 aliphatic rings. The lowest BCUT2D eigenvalue weighted by Gasteiger charge is -2.17. The van der Waals surface area contributed by atoms with Crippen molar-refractivity contribution in [3.63, 3.8) is 0 Å². The predicted octanol–water partition coefficient (Wildman–Crippen LogP) is 2.98. The van der Waals surface area contributed by atoms with Gasteiger partial charge in [-0.05, 0) is 36.1 Å². The molecule has 118 valence electrons. The zero-order valence-corrected chi connectivity index (χ0v) is 13.1. The lowest BCUT2D eigenvalue weighted by atomic mass is 10.1. The molecule has 4 heteroatoms. The normalized spacial score (nSPS) is 14.3. The molecule has 0 radical (unpaired) electrons. The van der Waals surface area contributed by atoms with Crippen molar-refractivity contribution in [2.24, 2.45) is 5.10 Å². The molecule has 4 nitrogen and oxygen atoms in total. The van der Waals surface area contributed by atoms with E-state index >= 15 is 0 Å². The van der Waals surface area contributed by atoms with Crippen molar-refractivity contribution in [3.8, 4) is 0 Å². The first kappa shape index (κ1) is 15.3. The summed E-state index contributed by atoms with van der Waals surface area (Å²) in [7, 11) is 0. The van der Waals surface area contributed by atoms with Gasteiger partial charge in [-0.3, -0.25) is 4.79 Å². The summed E-state index contributed by atoms with van der Waals surface area (Å²) in [6.07, 6.45) is 4.57. The van der Waals surface area contributed by atoms with Crippen molar-refractivity contribution in [1.29, 1.82) is 0 Å². The molecule has 0 bridgehead atoms. The van der Waals surface area contributed by atoms with Crippen LogP contribution in [-0.2, 0) is 11.2 Å². The minimum absolute atomic E-state index is 0.110. The zero-order valence-electron chi connectivity index (χ0n) is 13.1. The van der Waals surface area contributed by atoms with Gasteiger partial charge in [-0.2, -0.15) is 5.10 Å². The summed E-state index contributed by atoms with van der Waals surface area (Å²) in [5, 5.41) is 4.03. The fourth-order valence-electron chi connectivity index (χ4n) is 2.75. The van der Waals surface area contributed by atoms with E-state index < -0.39 is 0 Å². The third kappa shape index (κ3) is 4.42. The number of hydrazone groups is 1. The van der Waals surface area contributed by atoms with Crippen molar-refractivity contribution in [2.45, 2.75) is 19.3 Å². The third-order valence-corrected chi connectivity index (χ3v) is 3.97. The molecule has 1 saturated heterocycles. The Balaban J connectivity index is 1.50. The van der Waals surface area contributed by atoms with Crippen molar-refractivity contribution in [3.05, 3.63) is 65.7 Å². The highest BCUT2D eigenvalue weighted by Gasteiger charge is 2.11. The Bertz CT molecular complexity index is 659. The van der Waals surface area contributed by atoms with Crippen LogP contribution in [0.4, 0.5) is 5.69 Å². The minimum Gasteiger partial charge on any atom is -0.372 e. The minimum atomic E-state index is -0.110. The van der Waals surface area contributed by atoms with Gasteiger partial charge in [0.15, 0.2) is 0 Å². The highest BCUT2D eigenvalue weighted by molar-refractivity contribution is 5.83. The molecular weight excluding hydrogens is 286 g/mol. The molecule has 3 rings (SSSR count). The van der Waals surface area contributed by atoms with E-state index in [2.05, 4.69) is 27.6 Å². The van der Waals surface area contributed by atoms with Gasteiger partial charge in [0.25, 0.3) is 0 Å². The maximum atomic E-state index is 11.8. The number of hydrogen-bond donors (Lipinski definition) is 1. The van der Waals surface area contributed by atoms with Crippen LogP contribution in [0.5, 0.6) is 0 Å². The largest absolute Gasteiger partial charge is 0.372 e. The molecule has 0 spiro atoms. The Morgan fingerprint density at radius 2 is 1.74 bits per heavy atom. The number of amides is 1. The summed E-state index contributed by atoms with van der Waals surface area (Å²) in [5.74, 6) is -0.110. The number of anilines is 1. The standard InChI is InChI=1S/C19H21N3O/c23-19(14-16-6-2-1-3-7-16)21-20-15-17-8-10-18(11-9-17)22-12-4-5-13-22/h1-3,6-11,15H,4-5,12-14H2,(H,21,23). The van der Waals surface area contributed by atoms with Gasteiger partial charge >= 0.3 is 0 Å². The molecule has 23 heavy (non-hydrogen) atoms. The highest BCUT2D eigenvalue weighted by Crippen LogP contribution is 2.19. The van der Waals surface area contributed by atoms with E-state index in [0.717, 1.165) is 24.2 Å². The van der Waals surface area contributed by atoms with E-state index in [1.165, 1.54) is 18.5 Å². The molecular formula is C19H21N3O. The molecule has 0 unspecified atom stereocenters. The van der Waals surface area contributed by atoms with E-state index in [-0.39, 0.29) is 5.91 Å². The Morgan fingerprint density at radius 1 is 1.04 bits per heavy atom. The van der Waals surface area contributed by atoms with Crippen LogP contribution in [0.3, 0.4) is 0 Å². The molecule has 1 N–H and O–H groups in total. The van der Waals surface area contributed by atoms with Gasteiger partial charge in [0.05, 0.1) is 12.6 Å².